The van der Waals surface area contributed by atoms with Crippen molar-refractivity contribution < 1.29 is 9.53 Å². The van der Waals surface area contributed by atoms with Gasteiger partial charge in [-0.2, -0.15) is 0 Å². The Labute approximate surface area is 109 Å². The number of unbranched alkanes of at least 4 members (excludes halogenated alkanes) is 1. The number of nitrogens with two attached hydrogens (primary N) is 1. The Morgan fingerprint density at radius 1 is 1.28 bits per heavy atom. The van der Waals surface area contributed by atoms with Gasteiger partial charge in [0.25, 0.3) is 0 Å². The molecule has 1 rings (SSSR count). The second-order valence-corrected chi connectivity index (χ2v) is 4.17. The lowest BCUT2D eigenvalue weighted by Crippen LogP contribution is -2.14. The Morgan fingerprint density at radius 2 is 2.00 bits per heavy atom. The second kappa shape index (κ2) is 8.66. The van der Waals surface area contributed by atoms with Crippen molar-refractivity contribution >= 4 is 11.6 Å². The van der Waals surface area contributed by atoms with Crippen LogP contribution >= 0.6 is 0 Å². The third kappa shape index (κ3) is 5.80. The van der Waals surface area contributed by atoms with Gasteiger partial charge >= 0.3 is 0 Å². The molecule has 1 aromatic rings. The van der Waals surface area contributed by atoms with E-state index in [4.69, 9.17) is 10.5 Å². The van der Waals surface area contributed by atoms with E-state index in [0.29, 0.717) is 19.6 Å². The van der Waals surface area contributed by atoms with Crippen molar-refractivity contribution in [1.29, 1.82) is 0 Å². The SMILES string of the molecule is CCCCOCCC(=O)Nc1ccc(CN)cc1. The highest BCUT2D eigenvalue weighted by Gasteiger charge is 2.02. The Bertz CT molecular complexity index is 349. The van der Waals surface area contributed by atoms with E-state index in [0.717, 1.165) is 30.7 Å². The molecule has 0 aliphatic rings. The van der Waals surface area contributed by atoms with Crippen molar-refractivity contribution in [3.63, 3.8) is 0 Å². The number of amides is 1. The summed E-state index contributed by atoms with van der Waals surface area (Å²) in [6.07, 6.45) is 2.55. The lowest BCUT2D eigenvalue weighted by Gasteiger charge is -2.06. The van der Waals surface area contributed by atoms with Gasteiger partial charge in [-0.3, -0.25) is 4.79 Å². The summed E-state index contributed by atoms with van der Waals surface area (Å²) >= 11 is 0. The molecule has 100 valence electrons. The van der Waals surface area contributed by atoms with Crippen molar-refractivity contribution in [3.05, 3.63) is 29.8 Å². The fraction of sp³-hybridized carbons (Fsp3) is 0.500. The van der Waals surface area contributed by atoms with E-state index in [9.17, 15) is 4.79 Å². The van der Waals surface area contributed by atoms with Gasteiger partial charge in [-0.05, 0) is 24.1 Å². The first-order chi connectivity index (χ1) is 8.76. The van der Waals surface area contributed by atoms with Gasteiger partial charge in [-0.25, -0.2) is 0 Å². The quantitative estimate of drug-likeness (QED) is 0.696. The monoisotopic (exact) mass is 250 g/mol. The Morgan fingerprint density at radius 3 is 2.61 bits per heavy atom. The van der Waals surface area contributed by atoms with Crippen molar-refractivity contribution in [3.8, 4) is 0 Å². The smallest absolute Gasteiger partial charge is 0.226 e. The summed E-state index contributed by atoms with van der Waals surface area (Å²) in [5, 5.41) is 2.82. The van der Waals surface area contributed by atoms with Crippen LogP contribution in [0, 0.1) is 0 Å². The Kier molecular flexibility index (Phi) is 7.06. The number of anilines is 1. The molecule has 18 heavy (non-hydrogen) atoms. The van der Waals surface area contributed by atoms with Crippen LogP contribution in [0.4, 0.5) is 5.69 Å². The van der Waals surface area contributed by atoms with Crippen LogP contribution in [0.25, 0.3) is 0 Å². The van der Waals surface area contributed by atoms with Crippen LogP contribution in [0.2, 0.25) is 0 Å². The summed E-state index contributed by atoms with van der Waals surface area (Å²) in [4.78, 5) is 11.6. The summed E-state index contributed by atoms with van der Waals surface area (Å²) in [6.45, 7) is 3.84. The molecule has 3 N–H and O–H groups in total. The molecule has 0 saturated carbocycles. The number of rotatable bonds is 8. The summed E-state index contributed by atoms with van der Waals surface area (Å²) in [6, 6.07) is 7.54. The molecule has 0 spiro atoms. The van der Waals surface area contributed by atoms with Gasteiger partial charge in [-0.15, -0.1) is 0 Å². The lowest BCUT2D eigenvalue weighted by molar-refractivity contribution is -0.117. The number of hydrogen-bond acceptors (Lipinski definition) is 3. The van der Waals surface area contributed by atoms with Crippen LogP contribution in [0.5, 0.6) is 0 Å². The van der Waals surface area contributed by atoms with Crippen LogP contribution in [0.3, 0.4) is 0 Å². The molecule has 0 radical (unpaired) electrons. The average Bonchev–Trinajstić information content (AvgIpc) is 2.39. The van der Waals surface area contributed by atoms with Crippen LogP contribution in [-0.4, -0.2) is 19.1 Å². The maximum absolute atomic E-state index is 11.6. The summed E-state index contributed by atoms with van der Waals surface area (Å²) in [5.41, 5.74) is 7.35. The minimum atomic E-state index is -0.0213. The molecular weight excluding hydrogens is 228 g/mol. The normalized spacial score (nSPS) is 10.3. The van der Waals surface area contributed by atoms with Gasteiger partial charge < -0.3 is 15.8 Å². The first kappa shape index (κ1) is 14.7. The number of carbonyl (C=O) groups is 1. The second-order valence-electron chi connectivity index (χ2n) is 4.17. The van der Waals surface area contributed by atoms with Crippen molar-refractivity contribution in [2.75, 3.05) is 18.5 Å². The Hall–Kier alpha value is -1.39. The fourth-order valence-electron chi connectivity index (χ4n) is 1.46. The van der Waals surface area contributed by atoms with E-state index in [2.05, 4.69) is 12.2 Å². The number of hydrogen-bond donors (Lipinski definition) is 2. The first-order valence-electron chi connectivity index (χ1n) is 6.43. The van der Waals surface area contributed by atoms with Gasteiger partial charge in [0.2, 0.25) is 5.91 Å². The zero-order valence-electron chi connectivity index (χ0n) is 10.9. The largest absolute Gasteiger partial charge is 0.381 e. The summed E-state index contributed by atoms with van der Waals surface area (Å²) < 4.78 is 5.34. The van der Waals surface area contributed by atoms with Crippen LogP contribution < -0.4 is 11.1 Å². The predicted molar refractivity (Wildman–Crippen MR) is 73.3 cm³/mol. The van der Waals surface area contributed by atoms with E-state index < -0.39 is 0 Å². The number of ether oxygens (including phenoxy) is 1. The number of carbonyl (C=O) groups excluding carboxylic acids is 1. The van der Waals surface area contributed by atoms with Crippen LogP contribution in [0.1, 0.15) is 31.7 Å². The molecule has 0 aliphatic heterocycles. The number of benzene rings is 1. The third-order valence-electron chi connectivity index (χ3n) is 2.59. The molecule has 0 bridgehead atoms. The van der Waals surface area contributed by atoms with Crippen molar-refractivity contribution in [2.45, 2.75) is 32.7 Å². The van der Waals surface area contributed by atoms with Crippen LogP contribution in [0.15, 0.2) is 24.3 Å². The standard InChI is InChI=1S/C14H22N2O2/c1-2-3-9-18-10-8-14(17)16-13-6-4-12(11-15)5-7-13/h4-7H,2-3,8-11,15H2,1H3,(H,16,17). The van der Waals surface area contributed by atoms with Gasteiger partial charge in [0, 0.05) is 18.8 Å². The highest BCUT2D eigenvalue weighted by molar-refractivity contribution is 5.90. The maximum Gasteiger partial charge on any atom is 0.226 e. The van der Waals surface area contributed by atoms with Crippen LogP contribution in [-0.2, 0) is 16.1 Å². The zero-order valence-corrected chi connectivity index (χ0v) is 10.9. The Balaban J connectivity index is 2.22. The molecular formula is C14H22N2O2. The molecule has 0 atom stereocenters. The molecule has 0 saturated heterocycles. The fourth-order valence-corrected chi connectivity index (χ4v) is 1.46. The predicted octanol–water partition coefficient (Wildman–Crippen LogP) is 2.29. The molecule has 1 aromatic carbocycles. The maximum atomic E-state index is 11.6. The van der Waals surface area contributed by atoms with Crippen molar-refractivity contribution in [1.82, 2.24) is 0 Å². The highest BCUT2D eigenvalue weighted by Crippen LogP contribution is 2.09. The van der Waals surface area contributed by atoms with Gasteiger partial charge in [0.05, 0.1) is 13.0 Å². The van der Waals surface area contributed by atoms with E-state index >= 15 is 0 Å². The molecule has 0 heterocycles. The molecule has 4 nitrogen and oxygen atoms in total. The van der Waals surface area contributed by atoms with E-state index in [-0.39, 0.29) is 5.91 Å². The van der Waals surface area contributed by atoms with E-state index in [1.807, 2.05) is 24.3 Å². The highest BCUT2D eigenvalue weighted by atomic mass is 16.5. The minimum absolute atomic E-state index is 0.0213. The van der Waals surface area contributed by atoms with Crippen molar-refractivity contribution in [2.24, 2.45) is 5.73 Å². The molecule has 0 fully saturated rings. The third-order valence-corrected chi connectivity index (χ3v) is 2.59. The molecule has 1 amide bonds. The zero-order chi connectivity index (χ0) is 13.2. The average molecular weight is 250 g/mol. The molecule has 0 aromatic heterocycles. The van der Waals surface area contributed by atoms with Gasteiger partial charge in [-0.1, -0.05) is 25.5 Å². The molecule has 0 aliphatic carbocycles. The first-order valence-corrected chi connectivity index (χ1v) is 6.43. The van der Waals surface area contributed by atoms with Gasteiger partial charge in [0.1, 0.15) is 0 Å². The lowest BCUT2D eigenvalue weighted by atomic mass is 10.2. The summed E-state index contributed by atoms with van der Waals surface area (Å²) in [5.74, 6) is -0.0213. The minimum Gasteiger partial charge on any atom is -0.381 e. The molecule has 0 unspecified atom stereocenters. The number of nitrogens with one attached hydrogen (secondary N) is 1. The van der Waals surface area contributed by atoms with E-state index in [1.165, 1.54) is 0 Å². The topological polar surface area (TPSA) is 64.3 Å². The van der Waals surface area contributed by atoms with Gasteiger partial charge in [0.15, 0.2) is 0 Å². The van der Waals surface area contributed by atoms with E-state index in [1.54, 1.807) is 0 Å². The molecule has 4 heteroatoms. The summed E-state index contributed by atoms with van der Waals surface area (Å²) in [7, 11) is 0.